The zero-order valence-corrected chi connectivity index (χ0v) is 12.8. The summed E-state index contributed by atoms with van der Waals surface area (Å²) in [5.41, 5.74) is 6.46. The van der Waals surface area contributed by atoms with Crippen LogP contribution in [-0.2, 0) is 0 Å². The maximum Gasteiger partial charge on any atom is 0.252 e. The SMILES string of the molecule is Cl.NC(CNC(=O)c1cc(Cl)ccc1Br)C1CC1. The smallest absolute Gasteiger partial charge is 0.252 e. The molecule has 100 valence electrons. The second-order valence-electron chi connectivity index (χ2n) is 4.34. The maximum absolute atomic E-state index is 11.9. The van der Waals surface area contributed by atoms with Crippen molar-refractivity contribution in [1.82, 2.24) is 5.32 Å². The van der Waals surface area contributed by atoms with Crippen molar-refractivity contribution >= 4 is 45.8 Å². The number of benzene rings is 1. The van der Waals surface area contributed by atoms with E-state index >= 15 is 0 Å². The average molecular weight is 354 g/mol. The average Bonchev–Trinajstić information content (AvgIpc) is 3.12. The third-order valence-corrected chi connectivity index (χ3v) is 3.83. The van der Waals surface area contributed by atoms with Gasteiger partial charge in [-0.1, -0.05) is 11.6 Å². The van der Waals surface area contributed by atoms with Gasteiger partial charge in [-0.3, -0.25) is 4.79 Å². The van der Waals surface area contributed by atoms with E-state index in [-0.39, 0.29) is 24.4 Å². The van der Waals surface area contributed by atoms with E-state index in [1.807, 2.05) is 0 Å². The van der Waals surface area contributed by atoms with Gasteiger partial charge in [-0.25, -0.2) is 0 Å². The molecule has 1 saturated carbocycles. The van der Waals surface area contributed by atoms with Gasteiger partial charge in [0.1, 0.15) is 0 Å². The van der Waals surface area contributed by atoms with Crippen LogP contribution in [0.3, 0.4) is 0 Å². The molecule has 0 saturated heterocycles. The Balaban J connectivity index is 0.00000162. The molecule has 0 radical (unpaired) electrons. The highest BCUT2D eigenvalue weighted by atomic mass is 79.9. The zero-order valence-electron chi connectivity index (χ0n) is 9.66. The normalized spacial score (nSPS) is 15.7. The minimum atomic E-state index is -0.143. The highest BCUT2D eigenvalue weighted by molar-refractivity contribution is 9.10. The molecule has 1 fully saturated rings. The van der Waals surface area contributed by atoms with Crippen LogP contribution in [0.1, 0.15) is 23.2 Å². The lowest BCUT2D eigenvalue weighted by atomic mass is 10.2. The molecule has 1 amide bonds. The van der Waals surface area contributed by atoms with E-state index in [9.17, 15) is 4.79 Å². The molecule has 18 heavy (non-hydrogen) atoms. The fraction of sp³-hybridized carbons (Fsp3) is 0.417. The van der Waals surface area contributed by atoms with E-state index < -0.39 is 0 Å². The summed E-state index contributed by atoms with van der Waals surface area (Å²) in [5.74, 6) is 0.438. The Kier molecular flexibility index (Phi) is 5.92. The Hall–Kier alpha value is -0.290. The van der Waals surface area contributed by atoms with E-state index in [2.05, 4.69) is 21.2 Å². The van der Waals surface area contributed by atoms with Crippen LogP contribution < -0.4 is 11.1 Å². The molecule has 3 N–H and O–H groups in total. The molecule has 0 heterocycles. The Morgan fingerprint density at radius 2 is 2.22 bits per heavy atom. The minimum Gasteiger partial charge on any atom is -0.350 e. The molecule has 0 bridgehead atoms. The van der Waals surface area contributed by atoms with Crippen LogP contribution >= 0.6 is 39.9 Å². The second-order valence-corrected chi connectivity index (χ2v) is 5.63. The van der Waals surface area contributed by atoms with Gasteiger partial charge in [0.05, 0.1) is 5.56 Å². The van der Waals surface area contributed by atoms with E-state index in [1.165, 1.54) is 12.8 Å². The summed E-state index contributed by atoms with van der Waals surface area (Å²) in [5, 5.41) is 3.38. The number of rotatable bonds is 4. The Morgan fingerprint density at radius 3 is 2.83 bits per heavy atom. The zero-order chi connectivity index (χ0) is 12.4. The Bertz CT molecular complexity index is 438. The van der Waals surface area contributed by atoms with Crippen LogP contribution in [0.4, 0.5) is 0 Å². The summed E-state index contributed by atoms with van der Waals surface area (Å²) in [7, 11) is 0. The molecule has 0 spiro atoms. The lowest BCUT2D eigenvalue weighted by Gasteiger charge is -2.12. The van der Waals surface area contributed by atoms with Crippen LogP contribution in [0, 0.1) is 5.92 Å². The van der Waals surface area contributed by atoms with Gasteiger partial charge in [-0.05, 0) is 52.9 Å². The summed E-state index contributed by atoms with van der Waals surface area (Å²) in [6.45, 7) is 0.516. The van der Waals surface area contributed by atoms with Crippen molar-refractivity contribution in [1.29, 1.82) is 0 Å². The molecule has 1 aromatic carbocycles. The predicted molar refractivity (Wildman–Crippen MR) is 79.4 cm³/mol. The third kappa shape index (κ3) is 4.12. The number of amides is 1. The molecular weight excluding hydrogens is 339 g/mol. The first-order chi connectivity index (χ1) is 8.08. The van der Waals surface area contributed by atoms with Gasteiger partial charge in [-0.2, -0.15) is 0 Å². The molecule has 1 unspecified atom stereocenters. The number of nitrogens with one attached hydrogen (secondary N) is 1. The molecule has 0 aromatic heterocycles. The van der Waals surface area contributed by atoms with Crippen molar-refractivity contribution in [2.24, 2.45) is 11.7 Å². The van der Waals surface area contributed by atoms with Crippen LogP contribution in [0.25, 0.3) is 0 Å². The fourth-order valence-electron chi connectivity index (χ4n) is 1.67. The van der Waals surface area contributed by atoms with Crippen molar-refractivity contribution in [3.8, 4) is 0 Å². The summed E-state index contributed by atoms with van der Waals surface area (Å²) in [4.78, 5) is 11.9. The molecule has 1 atom stereocenters. The monoisotopic (exact) mass is 352 g/mol. The van der Waals surface area contributed by atoms with E-state index in [1.54, 1.807) is 18.2 Å². The third-order valence-electron chi connectivity index (χ3n) is 2.90. The van der Waals surface area contributed by atoms with Crippen molar-refractivity contribution in [3.05, 3.63) is 33.3 Å². The first kappa shape index (κ1) is 15.8. The Morgan fingerprint density at radius 1 is 1.56 bits per heavy atom. The van der Waals surface area contributed by atoms with Gasteiger partial charge in [0, 0.05) is 22.1 Å². The topological polar surface area (TPSA) is 55.1 Å². The molecule has 1 aliphatic rings. The summed E-state index contributed by atoms with van der Waals surface area (Å²) in [6.07, 6.45) is 2.36. The van der Waals surface area contributed by atoms with Gasteiger partial charge in [-0.15, -0.1) is 12.4 Å². The first-order valence-corrected chi connectivity index (χ1v) is 6.74. The molecule has 2 rings (SSSR count). The van der Waals surface area contributed by atoms with Gasteiger partial charge >= 0.3 is 0 Å². The van der Waals surface area contributed by atoms with Crippen molar-refractivity contribution in [3.63, 3.8) is 0 Å². The van der Waals surface area contributed by atoms with Crippen LogP contribution in [0.5, 0.6) is 0 Å². The number of halogens is 3. The van der Waals surface area contributed by atoms with Crippen LogP contribution in [0.2, 0.25) is 5.02 Å². The fourth-order valence-corrected chi connectivity index (χ4v) is 2.27. The number of carbonyl (C=O) groups is 1. The molecule has 1 aromatic rings. The van der Waals surface area contributed by atoms with E-state index in [0.717, 1.165) is 4.47 Å². The van der Waals surface area contributed by atoms with Crippen LogP contribution in [-0.4, -0.2) is 18.5 Å². The number of carbonyl (C=O) groups excluding carboxylic acids is 1. The van der Waals surface area contributed by atoms with Gasteiger partial charge in [0.25, 0.3) is 5.91 Å². The summed E-state index contributed by atoms with van der Waals surface area (Å²) < 4.78 is 0.736. The number of hydrogen-bond donors (Lipinski definition) is 2. The summed E-state index contributed by atoms with van der Waals surface area (Å²) in [6, 6.07) is 5.21. The largest absolute Gasteiger partial charge is 0.350 e. The molecule has 3 nitrogen and oxygen atoms in total. The highest BCUT2D eigenvalue weighted by Gasteiger charge is 2.28. The van der Waals surface area contributed by atoms with Crippen molar-refractivity contribution in [2.45, 2.75) is 18.9 Å². The van der Waals surface area contributed by atoms with E-state index in [0.29, 0.717) is 23.0 Å². The quantitative estimate of drug-likeness (QED) is 0.874. The van der Waals surface area contributed by atoms with Crippen LogP contribution in [0.15, 0.2) is 22.7 Å². The first-order valence-electron chi connectivity index (χ1n) is 5.57. The molecule has 6 heteroatoms. The highest BCUT2D eigenvalue weighted by Crippen LogP contribution is 2.31. The minimum absolute atomic E-state index is 0. The molecular formula is C12H15BrCl2N2O. The van der Waals surface area contributed by atoms with Gasteiger partial charge < -0.3 is 11.1 Å². The number of hydrogen-bond acceptors (Lipinski definition) is 2. The molecule has 1 aliphatic carbocycles. The predicted octanol–water partition coefficient (Wildman–Crippen LogP) is 2.99. The summed E-state index contributed by atoms with van der Waals surface area (Å²) >= 11 is 9.19. The lowest BCUT2D eigenvalue weighted by molar-refractivity contribution is 0.0949. The van der Waals surface area contributed by atoms with Crippen molar-refractivity contribution in [2.75, 3.05) is 6.54 Å². The van der Waals surface area contributed by atoms with Crippen molar-refractivity contribution < 1.29 is 4.79 Å². The van der Waals surface area contributed by atoms with E-state index in [4.69, 9.17) is 17.3 Å². The second kappa shape index (κ2) is 6.75. The standard InChI is InChI=1S/C12H14BrClN2O.ClH/c13-10-4-3-8(14)5-9(10)12(17)16-6-11(15)7-1-2-7;/h3-5,7,11H,1-2,6,15H2,(H,16,17);1H. The molecule has 0 aliphatic heterocycles. The van der Waals surface area contributed by atoms with Gasteiger partial charge in [0.15, 0.2) is 0 Å². The lowest BCUT2D eigenvalue weighted by Crippen LogP contribution is -2.38. The Labute approximate surface area is 126 Å². The maximum atomic E-state index is 11.9. The van der Waals surface area contributed by atoms with Gasteiger partial charge in [0.2, 0.25) is 0 Å². The number of nitrogens with two attached hydrogens (primary N) is 1.